The maximum atomic E-state index is 11.8. The lowest BCUT2D eigenvalue weighted by atomic mass is 10.1. The molecule has 0 bridgehead atoms. The Morgan fingerprint density at radius 3 is 2.50 bits per heavy atom. The molecular formula is C12H16F3N3O2. The van der Waals surface area contributed by atoms with Gasteiger partial charge in [-0.3, -0.25) is 0 Å². The molecule has 0 saturated heterocycles. The van der Waals surface area contributed by atoms with E-state index in [2.05, 4.69) is 15.2 Å². The third-order valence-electron chi connectivity index (χ3n) is 2.38. The average Bonchev–Trinajstić information content (AvgIpc) is 2.41. The second-order valence-electron chi connectivity index (χ2n) is 4.03. The standard InChI is InChI=1S/C12H16F3N3O2/c13-12(14,15)8-20-6-5-17-7-9-1-3-10(4-2-9)11(16)18-19/h1-4,17,19H,5-8H2,(H2,16,18). The number of nitrogens with one attached hydrogen (secondary N) is 1. The number of nitrogens with two attached hydrogens (primary N) is 1. The van der Waals surface area contributed by atoms with Crippen molar-refractivity contribution >= 4 is 5.84 Å². The molecule has 0 radical (unpaired) electrons. The van der Waals surface area contributed by atoms with Gasteiger partial charge in [0.05, 0.1) is 6.61 Å². The van der Waals surface area contributed by atoms with Crippen LogP contribution in [0, 0.1) is 0 Å². The highest BCUT2D eigenvalue weighted by Gasteiger charge is 2.27. The maximum absolute atomic E-state index is 11.8. The van der Waals surface area contributed by atoms with Gasteiger partial charge in [-0.05, 0) is 5.56 Å². The van der Waals surface area contributed by atoms with Gasteiger partial charge in [-0.2, -0.15) is 13.2 Å². The molecule has 0 aliphatic carbocycles. The smallest absolute Gasteiger partial charge is 0.409 e. The van der Waals surface area contributed by atoms with Gasteiger partial charge < -0.3 is 21.0 Å². The van der Waals surface area contributed by atoms with E-state index in [1.807, 2.05) is 0 Å². The fraction of sp³-hybridized carbons (Fsp3) is 0.417. The van der Waals surface area contributed by atoms with Crippen LogP contribution in [0.3, 0.4) is 0 Å². The predicted octanol–water partition coefficient (Wildman–Crippen LogP) is 1.45. The van der Waals surface area contributed by atoms with E-state index < -0.39 is 12.8 Å². The topological polar surface area (TPSA) is 79.9 Å². The largest absolute Gasteiger partial charge is 0.411 e. The molecule has 112 valence electrons. The highest BCUT2D eigenvalue weighted by atomic mass is 19.4. The molecule has 0 unspecified atom stereocenters. The monoisotopic (exact) mass is 291 g/mol. The minimum absolute atomic E-state index is 0.0122. The van der Waals surface area contributed by atoms with Crippen LogP contribution in [0.25, 0.3) is 0 Å². The third kappa shape index (κ3) is 6.39. The molecule has 5 nitrogen and oxygen atoms in total. The number of halogens is 3. The first-order valence-corrected chi connectivity index (χ1v) is 5.84. The zero-order chi connectivity index (χ0) is 15.0. The van der Waals surface area contributed by atoms with E-state index in [1.54, 1.807) is 24.3 Å². The van der Waals surface area contributed by atoms with Crippen molar-refractivity contribution in [2.24, 2.45) is 10.9 Å². The predicted molar refractivity (Wildman–Crippen MR) is 67.5 cm³/mol. The Balaban J connectivity index is 2.23. The van der Waals surface area contributed by atoms with Crippen LogP contribution in [0.1, 0.15) is 11.1 Å². The number of alkyl halides is 3. The number of ether oxygens (including phenoxy) is 1. The van der Waals surface area contributed by atoms with E-state index in [0.29, 0.717) is 18.7 Å². The average molecular weight is 291 g/mol. The van der Waals surface area contributed by atoms with Crippen molar-refractivity contribution in [2.75, 3.05) is 19.8 Å². The van der Waals surface area contributed by atoms with Crippen LogP contribution in [0.4, 0.5) is 13.2 Å². The number of rotatable bonds is 7. The second-order valence-corrected chi connectivity index (χ2v) is 4.03. The van der Waals surface area contributed by atoms with Gasteiger partial charge in [0.1, 0.15) is 6.61 Å². The first-order valence-electron chi connectivity index (χ1n) is 5.84. The van der Waals surface area contributed by atoms with Crippen molar-refractivity contribution in [3.8, 4) is 0 Å². The number of hydrogen-bond acceptors (Lipinski definition) is 4. The summed E-state index contributed by atoms with van der Waals surface area (Å²) in [5.74, 6) is 0.0186. The Hall–Kier alpha value is -1.80. The Labute approximate surface area is 114 Å². The summed E-state index contributed by atoms with van der Waals surface area (Å²) in [6.07, 6.45) is -4.29. The zero-order valence-electron chi connectivity index (χ0n) is 10.7. The summed E-state index contributed by atoms with van der Waals surface area (Å²) in [5, 5.41) is 14.3. The Bertz CT molecular complexity index is 433. The zero-order valence-corrected chi connectivity index (χ0v) is 10.7. The quantitative estimate of drug-likeness (QED) is 0.233. The summed E-state index contributed by atoms with van der Waals surface area (Å²) in [6.45, 7) is -0.436. The molecule has 20 heavy (non-hydrogen) atoms. The molecule has 0 spiro atoms. The van der Waals surface area contributed by atoms with Gasteiger partial charge in [-0.25, -0.2) is 0 Å². The van der Waals surface area contributed by atoms with Gasteiger partial charge in [0, 0.05) is 18.7 Å². The molecule has 0 heterocycles. The second kappa shape index (κ2) is 7.71. The van der Waals surface area contributed by atoms with Crippen molar-refractivity contribution in [3.05, 3.63) is 35.4 Å². The van der Waals surface area contributed by atoms with E-state index in [4.69, 9.17) is 10.9 Å². The van der Waals surface area contributed by atoms with Gasteiger partial charge in [0.15, 0.2) is 5.84 Å². The number of benzene rings is 1. The SMILES string of the molecule is NC(=NO)c1ccc(CNCCOCC(F)(F)F)cc1. The molecule has 4 N–H and O–H groups in total. The molecule has 1 aromatic rings. The van der Waals surface area contributed by atoms with Crippen LogP contribution in [-0.4, -0.2) is 37.0 Å². The summed E-state index contributed by atoms with van der Waals surface area (Å²) in [6, 6.07) is 6.92. The van der Waals surface area contributed by atoms with E-state index in [-0.39, 0.29) is 12.4 Å². The summed E-state index contributed by atoms with van der Waals surface area (Å²) in [4.78, 5) is 0. The molecule has 0 aliphatic heterocycles. The molecule has 8 heteroatoms. The van der Waals surface area contributed by atoms with Crippen molar-refractivity contribution in [3.63, 3.8) is 0 Å². The van der Waals surface area contributed by atoms with E-state index in [9.17, 15) is 13.2 Å². The first kappa shape index (κ1) is 16.3. The third-order valence-corrected chi connectivity index (χ3v) is 2.38. The lowest BCUT2D eigenvalue weighted by molar-refractivity contribution is -0.173. The molecule has 0 atom stereocenters. The lowest BCUT2D eigenvalue weighted by Gasteiger charge is -2.08. The van der Waals surface area contributed by atoms with Crippen LogP contribution in [0.2, 0.25) is 0 Å². The molecular weight excluding hydrogens is 275 g/mol. The number of amidine groups is 1. The van der Waals surface area contributed by atoms with E-state index in [1.165, 1.54) is 0 Å². The number of oxime groups is 1. The van der Waals surface area contributed by atoms with Gasteiger partial charge in [0.25, 0.3) is 0 Å². The minimum atomic E-state index is -4.29. The summed E-state index contributed by atoms with van der Waals surface area (Å²) < 4.78 is 39.8. The van der Waals surface area contributed by atoms with E-state index >= 15 is 0 Å². The van der Waals surface area contributed by atoms with Crippen LogP contribution in [0.15, 0.2) is 29.4 Å². The van der Waals surface area contributed by atoms with E-state index in [0.717, 1.165) is 5.56 Å². The van der Waals surface area contributed by atoms with Crippen LogP contribution >= 0.6 is 0 Å². The molecule has 0 aromatic heterocycles. The van der Waals surface area contributed by atoms with Crippen molar-refractivity contribution in [2.45, 2.75) is 12.7 Å². The van der Waals surface area contributed by atoms with Crippen LogP contribution < -0.4 is 11.1 Å². The lowest BCUT2D eigenvalue weighted by Crippen LogP contribution is -2.23. The molecule has 1 rings (SSSR count). The maximum Gasteiger partial charge on any atom is 0.411 e. The fourth-order valence-corrected chi connectivity index (χ4v) is 1.42. The van der Waals surface area contributed by atoms with Crippen LogP contribution in [-0.2, 0) is 11.3 Å². The highest BCUT2D eigenvalue weighted by molar-refractivity contribution is 5.96. The summed E-state index contributed by atoms with van der Waals surface area (Å²) in [5.41, 5.74) is 6.92. The normalized spacial score (nSPS) is 12.7. The molecule has 0 amide bonds. The highest BCUT2D eigenvalue weighted by Crippen LogP contribution is 2.13. The summed E-state index contributed by atoms with van der Waals surface area (Å²) in [7, 11) is 0. The van der Waals surface area contributed by atoms with Gasteiger partial charge in [0.2, 0.25) is 0 Å². The van der Waals surface area contributed by atoms with Gasteiger partial charge >= 0.3 is 6.18 Å². The first-order chi connectivity index (χ1) is 9.42. The molecule has 0 saturated carbocycles. The molecule has 0 aliphatic rings. The number of hydrogen-bond donors (Lipinski definition) is 3. The van der Waals surface area contributed by atoms with Gasteiger partial charge in [-0.15, -0.1) is 0 Å². The number of nitrogens with zero attached hydrogens (tertiary/aromatic N) is 1. The van der Waals surface area contributed by atoms with Crippen molar-refractivity contribution in [1.29, 1.82) is 0 Å². The Morgan fingerprint density at radius 1 is 1.30 bits per heavy atom. The van der Waals surface area contributed by atoms with Gasteiger partial charge in [-0.1, -0.05) is 29.4 Å². The molecule has 0 fully saturated rings. The minimum Gasteiger partial charge on any atom is -0.409 e. The van der Waals surface area contributed by atoms with Crippen LogP contribution in [0.5, 0.6) is 0 Å². The summed E-state index contributed by atoms with van der Waals surface area (Å²) >= 11 is 0. The Morgan fingerprint density at radius 2 is 1.95 bits per heavy atom. The fourth-order valence-electron chi connectivity index (χ4n) is 1.42. The molecule has 1 aromatic carbocycles. The van der Waals surface area contributed by atoms with Crippen molar-refractivity contribution < 1.29 is 23.1 Å². The van der Waals surface area contributed by atoms with Crippen molar-refractivity contribution in [1.82, 2.24) is 5.32 Å². The Kier molecular flexibility index (Phi) is 6.26.